The van der Waals surface area contributed by atoms with Gasteiger partial charge in [0.1, 0.15) is 0 Å². The Bertz CT molecular complexity index is 752. The van der Waals surface area contributed by atoms with Crippen molar-refractivity contribution in [2.24, 2.45) is 5.92 Å². The smallest absolute Gasteiger partial charge is 0.210 e. The third-order valence-corrected chi connectivity index (χ3v) is 6.45. The molecule has 0 aliphatic carbocycles. The minimum atomic E-state index is 0.539. The molecule has 28 heavy (non-hydrogen) atoms. The highest BCUT2D eigenvalue weighted by molar-refractivity contribution is 5.46. The summed E-state index contributed by atoms with van der Waals surface area (Å²) < 4.78 is 2.26. The van der Waals surface area contributed by atoms with Crippen molar-refractivity contribution in [1.82, 2.24) is 19.4 Å². The van der Waals surface area contributed by atoms with Gasteiger partial charge in [-0.2, -0.15) is 0 Å². The molecule has 4 rings (SSSR count). The molecule has 0 unspecified atom stereocenters. The van der Waals surface area contributed by atoms with Gasteiger partial charge in [0.2, 0.25) is 5.95 Å². The number of hydrogen-bond acceptors (Lipinski definition) is 4. The number of imidazole rings is 1. The lowest BCUT2D eigenvalue weighted by Crippen LogP contribution is -2.47. The third-order valence-electron chi connectivity index (χ3n) is 6.45. The Kier molecular flexibility index (Phi) is 6.02. The van der Waals surface area contributed by atoms with Crippen LogP contribution < -0.4 is 4.90 Å². The molecule has 0 saturated carbocycles. The molecule has 0 bridgehead atoms. The van der Waals surface area contributed by atoms with E-state index in [1.807, 2.05) is 6.20 Å². The van der Waals surface area contributed by atoms with Crippen molar-refractivity contribution >= 4 is 5.95 Å². The molecular weight excluding hydrogens is 346 g/mol. The van der Waals surface area contributed by atoms with Crippen LogP contribution in [0.4, 0.5) is 5.95 Å². The Morgan fingerprint density at radius 3 is 2.50 bits per heavy atom. The molecule has 0 atom stereocenters. The fourth-order valence-corrected chi connectivity index (χ4v) is 4.48. The normalized spacial score (nSPS) is 20.2. The molecule has 0 spiro atoms. The highest BCUT2D eigenvalue weighted by Gasteiger charge is 2.25. The second-order valence-electron chi connectivity index (χ2n) is 8.88. The molecule has 0 N–H and O–H groups in total. The van der Waals surface area contributed by atoms with Crippen LogP contribution in [0.15, 0.2) is 36.7 Å². The minimum Gasteiger partial charge on any atom is -0.342 e. The van der Waals surface area contributed by atoms with Crippen LogP contribution >= 0.6 is 0 Å². The fourth-order valence-electron chi connectivity index (χ4n) is 4.48. The van der Waals surface area contributed by atoms with E-state index in [4.69, 9.17) is 4.98 Å². The Morgan fingerprint density at radius 1 is 1.04 bits per heavy atom. The lowest BCUT2D eigenvalue weighted by Gasteiger charge is -2.38. The van der Waals surface area contributed by atoms with E-state index in [1.54, 1.807) is 0 Å². The van der Waals surface area contributed by atoms with Gasteiger partial charge >= 0.3 is 0 Å². The molecule has 3 heterocycles. The van der Waals surface area contributed by atoms with Gasteiger partial charge in [0.05, 0.1) is 0 Å². The zero-order chi connectivity index (χ0) is 19.5. The number of rotatable bonds is 5. The zero-order valence-corrected chi connectivity index (χ0v) is 17.7. The van der Waals surface area contributed by atoms with Crippen LogP contribution in [-0.4, -0.2) is 72.2 Å². The Hall–Kier alpha value is -1.85. The molecule has 1 aromatic heterocycles. The first-order chi connectivity index (χ1) is 13.6. The van der Waals surface area contributed by atoms with Crippen molar-refractivity contribution in [3.05, 3.63) is 42.2 Å². The maximum atomic E-state index is 4.71. The first-order valence-electron chi connectivity index (χ1n) is 10.9. The number of hydrogen-bond donors (Lipinski definition) is 0. The van der Waals surface area contributed by atoms with Gasteiger partial charge in [0.15, 0.2) is 0 Å². The van der Waals surface area contributed by atoms with Crippen LogP contribution in [0.2, 0.25) is 0 Å². The van der Waals surface area contributed by atoms with Crippen molar-refractivity contribution in [2.75, 3.05) is 57.8 Å². The summed E-state index contributed by atoms with van der Waals surface area (Å²) in [5.74, 6) is 2.46. The van der Waals surface area contributed by atoms with Gasteiger partial charge in [-0.1, -0.05) is 26.0 Å². The van der Waals surface area contributed by atoms with Crippen molar-refractivity contribution in [2.45, 2.75) is 32.6 Å². The molecule has 0 amide bonds. The molecule has 0 radical (unpaired) electrons. The molecule has 5 nitrogen and oxygen atoms in total. The summed E-state index contributed by atoms with van der Waals surface area (Å²) >= 11 is 0. The average molecular weight is 382 g/mol. The van der Waals surface area contributed by atoms with Gasteiger partial charge < -0.3 is 14.7 Å². The highest BCUT2D eigenvalue weighted by Crippen LogP contribution is 2.26. The topological polar surface area (TPSA) is 27.5 Å². The second kappa shape index (κ2) is 8.66. The van der Waals surface area contributed by atoms with Crippen LogP contribution in [0.5, 0.6) is 0 Å². The quantitative estimate of drug-likeness (QED) is 0.793. The lowest BCUT2D eigenvalue weighted by molar-refractivity contribution is 0.129. The number of piperidine rings is 1. The number of anilines is 1. The molecule has 2 fully saturated rings. The van der Waals surface area contributed by atoms with E-state index >= 15 is 0 Å². The molecule has 2 saturated heterocycles. The van der Waals surface area contributed by atoms with E-state index in [0.29, 0.717) is 5.92 Å². The van der Waals surface area contributed by atoms with E-state index < -0.39 is 0 Å². The molecule has 5 heteroatoms. The standard InChI is InChI=1S/C23H35N5/c1-19(2)21-5-4-6-22(17-21)28-12-9-24-23(28)27-10-7-20(8-11-27)18-26-15-13-25(3)14-16-26/h4-6,9,12,17,19-20H,7-8,10-11,13-16,18H2,1-3H3. The first-order valence-corrected chi connectivity index (χ1v) is 10.9. The van der Waals surface area contributed by atoms with Crippen molar-refractivity contribution in [3.8, 4) is 5.69 Å². The SMILES string of the molecule is CC(C)c1cccc(-n2ccnc2N2CCC(CN3CCN(C)CC3)CC2)c1. The monoisotopic (exact) mass is 381 g/mol. The summed E-state index contributed by atoms with van der Waals surface area (Å²) in [6.45, 7) is 12.9. The summed E-state index contributed by atoms with van der Waals surface area (Å²) in [6, 6.07) is 8.87. The van der Waals surface area contributed by atoms with Gasteiger partial charge in [-0.15, -0.1) is 0 Å². The number of benzene rings is 1. The lowest BCUT2D eigenvalue weighted by atomic mass is 9.96. The largest absolute Gasteiger partial charge is 0.342 e. The summed E-state index contributed by atoms with van der Waals surface area (Å²) in [4.78, 5) is 12.3. The average Bonchev–Trinajstić information content (AvgIpc) is 3.20. The van der Waals surface area contributed by atoms with Crippen molar-refractivity contribution in [1.29, 1.82) is 0 Å². The summed E-state index contributed by atoms with van der Waals surface area (Å²) in [6.07, 6.45) is 6.58. The number of piperazine rings is 1. The van der Waals surface area contributed by atoms with Gasteiger partial charge in [0, 0.05) is 63.9 Å². The van der Waals surface area contributed by atoms with E-state index in [0.717, 1.165) is 25.0 Å². The summed E-state index contributed by atoms with van der Waals surface area (Å²) in [5.41, 5.74) is 2.60. The van der Waals surface area contributed by atoms with Crippen LogP contribution in [0, 0.1) is 5.92 Å². The molecular formula is C23H35N5. The Balaban J connectivity index is 1.38. The van der Waals surface area contributed by atoms with E-state index in [9.17, 15) is 0 Å². The molecule has 2 aliphatic heterocycles. The van der Waals surface area contributed by atoms with Gasteiger partial charge in [-0.25, -0.2) is 4.98 Å². The van der Waals surface area contributed by atoms with E-state index in [-0.39, 0.29) is 0 Å². The molecule has 1 aromatic carbocycles. The number of aromatic nitrogens is 2. The van der Waals surface area contributed by atoms with Gasteiger partial charge in [0.25, 0.3) is 0 Å². The predicted molar refractivity (Wildman–Crippen MR) is 117 cm³/mol. The van der Waals surface area contributed by atoms with Crippen LogP contribution in [0.1, 0.15) is 38.2 Å². The molecule has 152 valence electrons. The van der Waals surface area contributed by atoms with Gasteiger partial charge in [-0.05, 0) is 49.4 Å². The van der Waals surface area contributed by atoms with Gasteiger partial charge in [-0.3, -0.25) is 4.57 Å². The number of likely N-dealkylation sites (N-methyl/N-ethyl adjacent to an activating group) is 1. The van der Waals surface area contributed by atoms with Crippen molar-refractivity contribution < 1.29 is 0 Å². The fraction of sp³-hybridized carbons (Fsp3) is 0.609. The highest BCUT2D eigenvalue weighted by atomic mass is 15.3. The van der Waals surface area contributed by atoms with Crippen molar-refractivity contribution in [3.63, 3.8) is 0 Å². The summed E-state index contributed by atoms with van der Waals surface area (Å²) in [7, 11) is 2.23. The van der Waals surface area contributed by atoms with E-state index in [2.05, 4.69) is 70.6 Å². The Labute approximate surface area is 170 Å². The van der Waals surface area contributed by atoms with Crippen LogP contribution in [0.25, 0.3) is 5.69 Å². The van der Waals surface area contributed by atoms with Crippen LogP contribution in [-0.2, 0) is 0 Å². The predicted octanol–water partition coefficient (Wildman–Crippen LogP) is 3.46. The Morgan fingerprint density at radius 2 is 1.79 bits per heavy atom. The third kappa shape index (κ3) is 4.41. The first kappa shape index (κ1) is 19.5. The van der Waals surface area contributed by atoms with Crippen LogP contribution in [0.3, 0.4) is 0 Å². The zero-order valence-electron chi connectivity index (χ0n) is 17.7. The maximum absolute atomic E-state index is 4.71. The van der Waals surface area contributed by atoms with E-state index in [1.165, 1.54) is 56.8 Å². The minimum absolute atomic E-state index is 0.539. The second-order valence-corrected chi connectivity index (χ2v) is 8.88. The number of nitrogens with zero attached hydrogens (tertiary/aromatic N) is 5. The molecule has 2 aliphatic rings. The summed E-state index contributed by atoms with van der Waals surface area (Å²) in [5, 5.41) is 0. The molecule has 2 aromatic rings. The maximum Gasteiger partial charge on any atom is 0.210 e.